The third kappa shape index (κ3) is 3.86. The molecule has 4 rings (SSSR count). The van der Waals surface area contributed by atoms with E-state index in [2.05, 4.69) is 37.3 Å². The zero-order chi connectivity index (χ0) is 20.4. The fourth-order valence-corrected chi connectivity index (χ4v) is 3.74. The fraction of sp³-hybridized carbons (Fsp3) is 0.192. The van der Waals surface area contributed by atoms with Gasteiger partial charge in [-0.05, 0) is 85.0 Å². The van der Waals surface area contributed by atoms with Gasteiger partial charge in [0.1, 0.15) is 11.6 Å². The summed E-state index contributed by atoms with van der Waals surface area (Å²) >= 11 is 0. The van der Waals surface area contributed by atoms with Crippen LogP contribution >= 0.6 is 0 Å². The van der Waals surface area contributed by atoms with Crippen LogP contribution in [0.15, 0.2) is 66.7 Å². The Morgan fingerprint density at radius 3 is 2.34 bits per heavy atom. The van der Waals surface area contributed by atoms with Crippen LogP contribution in [0.3, 0.4) is 0 Å². The quantitative estimate of drug-likeness (QED) is 0.370. The van der Waals surface area contributed by atoms with Gasteiger partial charge in [-0.3, -0.25) is 0 Å². The van der Waals surface area contributed by atoms with E-state index in [9.17, 15) is 4.39 Å². The third-order valence-corrected chi connectivity index (χ3v) is 5.24. The molecule has 0 aliphatic carbocycles. The maximum Gasteiger partial charge on any atom is 0.123 e. The van der Waals surface area contributed by atoms with Crippen LogP contribution in [0.5, 0.6) is 5.75 Å². The van der Waals surface area contributed by atoms with Crippen LogP contribution in [-0.4, -0.2) is 11.6 Å². The molecule has 29 heavy (non-hydrogen) atoms. The van der Waals surface area contributed by atoms with Crippen LogP contribution in [0.1, 0.15) is 25.0 Å². The highest BCUT2D eigenvalue weighted by atomic mass is 19.1. The van der Waals surface area contributed by atoms with Crippen molar-refractivity contribution in [3.05, 3.63) is 83.7 Å². The van der Waals surface area contributed by atoms with Gasteiger partial charge in [0.25, 0.3) is 0 Å². The molecule has 2 nitrogen and oxygen atoms in total. The highest BCUT2D eigenvalue weighted by molar-refractivity contribution is 5.85. The molecule has 0 unspecified atom stereocenters. The zero-order valence-corrected chi connectivity index (χ0v) is 17.0. The van der Waals surface area contributed by atoms with Crippen LogP contribution in [0, 0.1) is 12.7 Å². The lowest BCUT2D eigenvalue weighted by Crippen LogP contribution is -1.94. The average Bonchev–Trinajstić information content (AvgIpc) is 2.74. The van der Waals surface area contributed by atoms with Crippen LogP contribution in [0.2, 0.25) is 0 Å². The molecule has 0 saturated heterocycles. The minimum Gasteiger partial charge on any atom is -0.494 e. The standard InChI is InChI=1S/C26H24FNO/c1-4-18-15-20(8-12-23(18)19-6-10-22(11-7-19)29-5-2)26-14-17(3)24-16-21(27)9-13-25(24)28-26/h6-16H,4-5H2,1-3H3. The van der Waals surface area contributed by atoms with Crippen molar-refractivity contribution >= 4 is 10.9 Å². The Kier molecular flexibility index (Phi) is 5.30. The summed E-state index contributed by atoms with van der Waals surface area (Å²) in [6.07, 6.45) is 0.925. The smallest absolute Gasteiger partial charge is 0.123 e. The SMILES string of the molecule is CCOc1ccc(-c2ccc(-c3cc(C)c4cc(F)ccc4n3)cc2CC)cc1. The van der Waals surface area contributed by atoms with E-state index in [1.807, 2.05) is 32.0 Å². The topological polar surface area (TPSA) is 22.1 Å². The normalized spacial score (nSPS) is 11.0. The maximum absolute atomic E-state index is 13.6. The molecule has 3 heteroatoms. The van der Waals surface area contributed by atoms with Crippen LogP contribution in [0.25, 0.3) is 33.3 Å². The minimum absolute atomic E-state index is 0.233. The number of halogens is 1. The van der Waals surface area contributed by atoms with Crippen LogP contribution in [-0.2, 0) is 6.42 Å². The predicted octanol–water partition coefficient (Wildman–Crippen LogP) is 6.98. The van der Waals surface area contributed by atoms with Crippen molar-refractivity contribution in [1.82, 2.24) is 4.98 Å². The molecule has 0 radical (unpaired) electrons. The molecule has 3 aromatic carbocycles. The molecule has 0 spiro atoms. The third-order valence-electron chi connectivity index (χ3n) is 5.24. The fourth-order valence-electron chi connectivity index (χ4n) is 3.74. The summed E-state index contributed by atoms with van der Waals surface area (Å²) in [5, 5.41) is 0.857. The summed E-state index contributed by atoms with van der Waals surface area (Å²) in [6, 6.07) is 21.5. The van der Waals surface area contributed by atoms with E-state index in [1.54, 1.807) is 12.1 Å². The lowest BCUT2D eigenvalue weighted by molar-refractivity contribution is 0.340. The summed E-state index contributed by atoms with van der Waals surface area (Å²) in [5.74, 6) is 0.654. The summed E-state index contributed by atoms with van der Waals surface area (Å²) in [4.78, 5) is 4.77. The number of pyridine rings is 1. The van der Waals surface area contributed by atoms with Crippen molar-refractivity contribution < 1.29 is 9.13 Å². The van der Waals surface area contributed by atoms with Crippen molar-refractivity contribution in [2.45, 2.75) is 27.2 Å². The highest BCUT2D eigenvalue weighted by Gasteiger charge is 2.10. The van der Waals surface area contributed by atoms with Gasteiger partial charge in [-0.15, -0.1) is 0 Å². The second-order valence-electron chi connectivity index (χ2n) is 7.17. The Labute approximate surface area is 171 Å². The van der Waals surface area contributed by atoms with Crippen molar-refractivity contribution in [3.63, 3.8) is 0 Å². The van der Waals surface area contributed by atoms with Gasteiger partial charge in [0.05, 0.1) is 17.8 Å². The maximum atomic E-state index is 13.6. The van der Waals surface area contributed by atoms with Crippen LogP contribution < -0.4 is 4.74 Å². The molecule has 4 aromatic rings. The Bertz CT molecular complexity index is 1170. The molecule has 1 heterocycles. The van der Waals surface area contributed by atoms with Crippen molar-refractivity contribution in [2.75, 3.05) is 6.61 Å². The average molecular weight is 385 g/mol. The summed E-state index contributed by atoms with van der Waals surface area (Å²) in [5.41, 5.74) is 7.49. The lowest BCUT2D eigenvalue weighted by atomic mass is 9.94. The van der Waals surface area contributed by atoms with Crippen molar-refractivity contribution in [3.8, 4) is 28.1 Å². The molecule has 0 atom stereocenters. The number of benzene rings is 3. The molecule has 0 aliphatic rings. The lowest BCUT2D eigenvalue weighted by Gasteiger charge is -2.13. The van der Waals surface area contributed by atoms with Gasteiger partial charge < -0.3 is 4.74 Å². The van der Waals surface area contributed by atoms with Gasteiger partial charge >= 0.3 is 0 Å². The number of fused-ring (bicyclic) bond motifs is 1. The molecule has 0 aliphatic heterocycles. The summed E-state index contributed by atoms with van der Waals surface area (Å²) < 4.78 is 19.1. The number of aromatic nitrogens is 1. The van der Waals surface area contributed by atoms with Crippen molar-refractivity contribution in [1.29, 1.82) is 0 Å². The Hall–Kier alpha value is -3.20. The molecule has 146 valence electrons. The van der Waals surface area contributed by atoms with E-state index >= 15 is 0 Å². The predicted molar refractivity (Wildman–Crippen MR) is 118 cm³/mol. The molecular formula is C26H24FNO. The number of ether oxygens (including phenoxy) is 1. The van der Waals surface area contributed by atoms with E-state index in [4.69, 9.17) is 9.72 Å². The Morgan fingerprint density at radius 2 is 1.62 bits per heavy atom. The molecule has 0 bridgehead atoms. The monoisotopic (exact) mass is 385 g/mol. The van der Waals surface area contributed by atoms with E-state index < -0.39 is 0 Å². The van der Waals surface area contributed by atoms with Gasteiger partial charge in [0, 0.05) is 10.9 Å². The second-order valence-corrected chi connectivity index (χ2v) is 7.17. The van der Waals surface area contributed by atoms with Gasteiger partial charge in [-0.2, -0.15) is 0 Å². The van der Waals surface area contributed by atoms with E-state index in [0.717, 1.165) is 39.9 Å². The molecule has 0 fully saturated rings. The Balaban J connectivity index is 1.75. The number of aryl methyl sites for hydroxylation is 2. The molecule has 0 amide bonds. The second kappa shape index (κ2) is 8.04. The van der Waals surface area contributed by atoms with E-state index in [1.165, 1.54) is 22.8 Å². The summed E-state index contributed by atoms with van der Waals surface area (Å²) in [6.45, 7) is 6.82. The number of nitrogens with zero attached hydrogens (tertiary/aromatic N) is 1. The van der Waals surface area contributed by atoms with Gasteiger partial charge in [0.2, 0.25) is 0 Å². The highest BCUT2D eigenvalue weighted by Crippen LogP contribution is 2.31. The number of hydrogen-bond donors (Lipinski definition) is 0. The molecular weight excluding hydrogens is 361 g/mol. The first-order chi connectivity index (χ1) is 14.1. The van der Waals surface area contributed by atoms with Gasteiger partial charge in [0.15, 0.2) is 0 Å². The molecule has 0 saturated carbocycles. The first-order valence-electron chi connectivity index (χ1n) is 10.0. The van der Waals surface area contributed by atoms with Gasteiger partial charge in [-0.25, -0.2) is 9.37 Å². The summed E-state index contributed by atoms with van der Waals surface area (Å²) in [7, 11) is 0. The van der Waals surface area contributed by atoms with E-state index in [0.29, 0.717) is 6.61 Å². The largest absolute Gasteiger partial charge is 0.494 e. The molecule has 0 N–H and O–H groups in total. The van der Waals surface area contributed by atoms with Crippen molar-refractivity contribution in [2.24, 2.45) is 0 Å². The molecule has 1 aromatic heterocycles. The first-order valence-corrected chi connectivity index (χ1v) is 10.0. The Morgan fingerprint density at radius 1 is 0.862 bits per heavy atom. The minimum atomic E-state index is -0.233. The van der Waals surface area contributed by atoms with Gasteiger partial charge in [-0.1, -0.05) is 31.2 Å². The van der Waals surface area contributed by atoms with Crippen LogP contribution in [0.4, 0.5) is 4.39 Å². The van der Waals surface area contributed by atoms with E-state index in [-0.39, 0.29) is 5.82 Å². The number of hydrogen-bond acceptors (Lipinski definition) is 2. The first kappa shape index (κ1) is 19.1. The zero-order valence-electron chi connectivity index (χ0n) is 17.0. The number of rotatable bonds is 5.